The van der Waals surface area contributed by atoms with E-state index in [2.05, 4.69) is 0 Å². The Morgan fingerprint density at radius 1 is 1.08 bits per heavy atom. The average molecular weight is 323 g/mol. The van der Waals surface area contributed by atoms with Gasteiger partial charge in [0.05, 0.1) is 10.9 Å². The maximum absolute atomic E-state index is 12.8. The predicted molar refractivity (Wildman–Crippen MR) is 92.4 cm³/mol. The second-order valence-electron chi connectivity index (χ2n) is 5.65. The fourth-order valence-corrected chi connectivity index (χ4v) is 2.48. The van der Waals surface area contributed by atoms with E-state index in [-0.39, 0.29) is 5.43 Å². The highest BCUT2D eigenvalue weighted by atomic mass is 16.6. The van der Waals surface area contributed by atoms with Crippen LogP contribution in [0.1, 0.15) is 5.76 Å². The van der Waals surface area contributed by atoms with Gasteiger partial charge in [0.1, 0.15) is 17.1 Å². The Labute approximate surface area is 139 Å². The van der Waals surface area contributed by atoms with E-state index in [1.807, 2.05) is 30.3 Å². The number of rotatable bonds is 2. The quantitative estimate of drug-likeness (QED) is 0.719. The van der Waals surface area contributed by atoms with Gasteiger partial charge in [-0.15, -0.1) is 0 Å². The molecule has 1 amide bonds. The van der Waals surface area contributed by atoms with Crippen LogP contribution in [-0.4, -0.2) is 25.1 Å². The molecule has 24 heavy (non-hydrogen) atoms. The number of amides is 1. The molecule has 0 aliphatic heterocycles. The first-order valence-corrected chi connectivity index (χ1v) is 7.49. The molecule has 0 aliphatic rings. The van der Waals surface area contributed by atoms with Crippen molar-refractivity contribution in [2.75, 3.05) is 14.1 Å². The molecule has 0 unspecified atom stereocenters. The van der Waals surface area contributed by atoms with Gasteiger partial charge in [0.15, 0.2) is 0 Å². The zero-order chi connectivity index (χ0) is 17.3. The summed E-state index contributed by atoms with van der Waals surface area (Å²) in [5.74, 6) is 0.853. The van der Waals surface area contributed by atoms with Crippen LogP contribution in [0.5, 0.6) is 5.75 Å². The molecule has 0 saturated heterocycles. The number of aryl methyl sites for hydroxylation is 1. The number of hydrogen-bond acceptors (Lipinski definition) is 4. The minimum atomic E-state index is -0.491. The maximum Gasteiger partial charge on any atom is 0.414 e. The molecule has 0 saturated carbocycles. The number of hydrogen-bond donors (Lipinski definition) is 0. The topological polar surface area (TPSA) is 59.8 Å². The fourth-order valence-electron chi connectivity index (χ4n) is 2.48. The van der Waals surface area contributed by atoms with Gasteiger partial charge >= 0.3 is 6.09 Å². The van der Waals surface area contributed by atoms with Crippen LogP contribution in [-0.2, 0) is 0 Å². The van der Waals surface area contributed by atoms with Gasteiger partial charge in [-0.1, -0.05) is 30.3 Å². The van der Waals surface area contributed by atoms with E-state index in [9.17, 15) is 9.59 Å². The Morgan fingerprint density at radius 2 is 1.79 bits per heavy atom. The lowest BCUT2D eigenvalue weighted by Crippen LogP contribution is -2.25. The van der Waals surface area contributed by atoms with E-state index in [0.717, 1.165) is 5.56 Å². The van der Waals surface area contributed by atoms with Gasteiger partial charge in [0, 0.05) is 20.2 Å². The molecule has 1 aromatic heterocycles. The van der Waals surface area contributed by atoms with E-state index >= 15 is 0 Å². The molecule has 3 rings (SSSR count). The van der Waals surface area contributed by atoms with Crippen molar-refractivity contribution in [1.29, 1.82) is 0 Å². The Bertz CT molecular complexity index is 958. The van der Waals surface area contributed by atoms with Crippen molar-refractivity contribution in [1.82, 2.24) is 4.90 Å². The number of ether oxygens (including phenoxy) is 1. The minimum absolute atomic E-state index is 0.106. The van der Waals surface area contributed by atoms with E-state index in [1.165, 1.54) is 4.90 Å². The molecule has 5 nitrogen and oxygen atoms in total. The molecule has 0 spiro atoms. The van der Waals surface area contributed by atoms with Crippen LogP contribution in [0.3, 0.4) is 0 Å². The van der Waals surface area contributed by atoms with Crippen LogP contribution >= 0.6 is 0 Å². The number of fused-ring (bicyclic) bond motifs is 1. The molecule has 2 aromatic carbocycles. The summed E-state index contributed by atoms with van der Waals surface area (Å²) in [6, 6.07) is 14.2. The van der Waals surface area contributed by atoms with Crippen molar-refractivity contribution < 1.29 is 13.9 Å². The molecular weight excluding hydrogens is 306 g/mol. The summed E-state index contributed by atoms with van der Waals surface area (Å²) in [6.07, 6.45) is -0.491. The average Bonchev–Trinajstić information content (AvgIpc) is 2.55. The minimum Gasteiger partial charge on any atom is -0.460 e. The number of nitrogens with zero attached hydrogens (tertiary/aromatic N) is 1. The van der Waals surface area contributed by atoms with Crippen LogP contribution in [0.25, 0.3) is 22.1 Å². The van der Waals surface area contributed by atoms with Gasteiger partial charge in [0.2, 0.25) is 5.43 Å². The summed E-state index contributed by atoms with van der Waals surface area (Å²) >= 11 is 0. The third kappa shape index (κ3) is 2.88. The number of benzene rings is 2. The molecular formula is C19H17NO4. The van der Waals surface area contributed by atoms with E-state index in [0.29, 0.717) is 28.0 Å². The highest BCUT2D eigenvalue weighted by Crippen LogP contribution is 2.26. The zero-order valence-corrected chi connectivity index (χ0v) is 13.7. The van der Waals surface area contributed by atoms with Crippen molar-refractivity contribution in [3.8, 4) is 16.9 Å². The molecule has 1 heterocycles. The van der Waals surface area contributed by atoms with E-state index in [1.54, 1.807) is 39.2 Å². The van der Waals surface area contributed by atoms with Gasteiger partial charge in [-0.2, -0.15) is 0 Å². The van der Waals surface area contributed by atoms with Crippen molar-refractivity contribution in [2.45, 2.75) is 6.92 Å². The molecule has 5 heteroatoms. The molecule has 0 fully saturated rings. The van der Waals surface area contributed by atoms with Gasteiger partial charge in [-0.05, 0) is 24.6 Å². The second kappa shape index (κ2) is 6.20. The molecule has 0 atom stereocenters. The molecule has 122 valence electrons. The van der Waals surface area contributed by atoms with Gasteiger partial charge in [0.25, 0.3) is 0 Å². The third-order valence-electron chi connectivity index (χ3n) is 3.67. The lowest BCUT2D eigenvalue weighted by atomic mass is 10.0. The summed E-state index contributed by atoms with van der Waals surface area (Å²) in [4.78, 5) is 25.8. The van der Waals surface area contributed by atoms with Crippen LogP contribution in [0.2, 0.25) is 0 Å². The second-order valence-corrected chi connectivity index (χ2v) is 5.65. The van der Waals surface area contributed by atoms with Crippen molar-refractivity contribution >= 4 is 17.1 Å². The van der Waals surface area contributed by atoms with Crippen molar-refractivity contribution in [3.05, 3.63) is 64.5 Å². The van der Waals surface area contributed by atoms with E-state index in [4.69, 9.17) is 9.15 Å². The number of carbonyl (C=O) groups excluding carboxylic acids is 1. The Hall–Kier alpha value is -3.08. The third-order valence-corrected chi connectivity index (χ3v) is 3.67. The van der Waals surface area contributed by atoms with Crippen LogP contribution in [0.4, 0.5) is 4.79 Å². The Morgan fingerprint density at radius 3 is 2.46 bits per heavy atom. The first-order chi connectivity index (χ1) is 11.5. The lowest BCUT2D eigenvalue weighted by molar-refractivity contribution is 0.172. The van der Waals surface area contributed by atoms with Crippen LogP contribution in [0.15, 0.2) is 57.7 Å². The maximum atomic E-state index is 12.8. The first-order valence-electron chi connectivity index (χ1n) is 7.49. The standard InChI is InChI=1S/C19H17NO4/c1-12-17(13-7-5-4-6-8-13)18(21)15-10-9-14(11-16(15)23-12)24-19(22)20(2)3/h4-11H,1-3H3. The summed E-state index contributed by atoms with van der Waals surface area (Å²) < 4.78 is 11.0. The van der Waals surface area contributed by atoms with Crippen LogP contribution < -0.4 is 10.2 Å². The lowest BCUT2D eigenvalue weighted by Gasteiger charge is -2.11. The Kier molecular flexibility index (Phi) is 4.08. The summed E-state index contributed by atoms with van der Waals surface area (Å²) in [5.41, 5.74) is 1.64. The first kappa shape index (κ1) is 15.8. The largest absolute Gasteiger partial charge is 0.460 e. The SMILES string of the molecule is Cc1oc2cc(OC(=O)N(C)C)ccc2c(=O)c1-c1ccccc1. The summed E-state index contributed by atoms with van der Waals surface area (Å²) in [7, 11) is 3.19. The zero-order valence-electron chi connectivity index (χ0n) is 13.7. The summed E-state index contributed by atoms with van der Waals surface area (Å²) in [5, 5.41) is 0.448. The molecule has 0 radical (unpaired) electrons. The predicted octanol–water partition coefficient (Wildman–Crippen LogP) is 3.83. The van der Waals surface area contributed by atoms with Gasteiger partial charge in [-0.25, -0.2) is 4.79 Å². The molecule has 0 aliphatic carbocycles. The van der Waals surface area contributed by atoms with E-state index < -0.39 is 6.09 Å². The van der Waals surface area contributed by atoms with Gasteiger partial charge in [-0.3, -0.25) is 4.79 Å². The monoisotopic (exact) mass is 323 g/mol. The Balaban J connectivity index is 2.11. The fraction of sp³-hybridized carbons (Fsp3) is 0.158. The summed E-state index contributed by atoms with van der Waals surface area (Å²) in [6.45, 7) is 1.75. The highest BCUT2D eigenvalue weighted by molar-refractivity contribution is 5.84. The molecule has 0 bridgehead atoms. The molecule has 0 N–H and O–H groups in total. The normalized spacial score (nSPS) is 10.6. The van der Waals surface area contributed by atoms with Gasteiger partial charge < -0.3 is 14.1 Å². The smallest absolute Gasteiger partial charge is 0.414 e. The number of carbonyl (C=O) groups is 1. The van der Waals surface area contributed by atoms with Crippen LogP contribution in [0, 0.1) is 6.92 Å². The van der Waals surface area contributed by atoms with Crippen molar-refractivity contribution in [3.63, 3.8) is 0 Å². The van der Waals surface area contributed by atoms with Crippen molar-refractivity contribution in [2.24, 2.45) is 0 Å². The molecule has 3 aromatic rings. The highest BCUT2D eigenvalue weighted by Gasteiger charge is 2.15.